The lowest BCUT2D eigenvalue weighted by Gasteiger charge is -2.12. The van der Waals surface area contributed by atoms with Gasteiger partial charge in [0.15, 0.2) is 11.2 Å². The van der Waals surface area contributed by atoms with Crippen LogP contribution in [0.5, 0.6) is 0 Å². The highest BCUT2D eigenvalue weighted by Crippen LogP contribution is 2.07. The summed E-state index contributed by atoms with van der Waals surface area (Å²) in [5.74, 6) is -0.852. The van der Waals surface area contributed by atoms with Crippen molar-refractivity contribution < 1.29 is 24.9 Å². The van der Waals surface area contributed by atoms with E-state index in [1.165, 1.54) is 10.9 Å². The van der Waals surface area contributed by atoms with E-state index in [1.54, 1.807) is 0 Å². The Morgan fingerprint density at radius 3 is 2.64 bits per heavy atom. The lowest BCUT2D eigenvalue weighted by atomic mass is 10.4. The third-order valence-electron chi connectivity index (χ3n) is 2.35. The van der Waals surface area contributed by atoms with Crippen molar-refractivity contribution in [2.75, 3.05) is 18.9 Å². The lowest BCUT2D eigenvalue weighted by molar-refractivity contribution is -0.134. The molecule has 122 valence electrons. The maximum atomic E-state index is 11.5. The summed E-state index contributed by atoms with van der Waals surface area (Å²) >= 11 is 0. The molecule has 0 saturated heterocycles. The third-order valence-corrected chi connectivity index (χ3v) is 2.35. The van der Waals surface area contributed by atoms with Gasteiger partial charge in [0.25, 0.3) is 11.5 Å². The average molecular weight is 315 g/mol. The van der Waals surface area contributed by atoms with Gasteiger partial charge in [-0.05, 0) is 0 Å². The standard InChI is InChI=1S/C9H13N5O4.C2H4O2/c10-9-12-7-6(8(17)13-9)11-3-14(7)4-18-5(1-15)2-16;1-2(3)4/h3,5,15-16H,1-2,4H2,(H3,10,12,13,17);1H3,(H,3,4). The van der Waals surface area contributed by atoms with E-state index < -0.39 is 17.6 Å². The molecule has 11 heteroatoms. The van der Waals surface area contributed by atoms with E-state index in [1.807, 2.05) is 0 Å². The number of carbonyl (C=O) groups is 1. The molecule has 0 aliphatic carbocycles. The molecule has 0 bridgehead atoms. The number of H-pyrrole nitrogens is 1. The molecule has 0 unspecified atom stereocenters. The highest BCUT2D eigenvalue weighted by atomic mass is 16.5. The molecule has 6 N–H and O–H groups in total. The van der Waals surface area contributed by atoms with E-state index in [2.05, 4.69) is 15.0 Å². The molecule has 2 aromatic rings. The Balaban J connectivity index is 0.000000541. The Labute approximate surface area is 124 Å². The molecular formula is C11H17N5O6. The number of hydrogen-bond acceptors (Lipinski definition) is 8. The topological polar surface area (TPSA) is 177 Å². The summed E-state index contributed by atoms with van der Waals surface area (Å²) in [5.41, 5.74) is 5.43. The summed E-state index contributed by atoms with van der Waals surface area (Å²) in [7, 11) is 0. The van der Waals surface area contributed by atoms with Crippen molar-refractivity contribution in [2.45, 2.75) is 19.8 Å². The molecule has 0 aromatic carbocycles. The minimum absolute atomic E-state index is 0.00181. The van der Waals surface area contributed by atoms with Crippen LogP contribution in [-0.2, 0) is 16.3 Å². The average Bonchev–Trinajstić information content (AvgIpc) is 2.83. The number of aromatic nitrogens is 4. The quantitative estimate of drug-likeness (QED) is 0.422. The van der Waals surface area contributed by atoms with Gasteiger partial charge in [-0.3, -0.25) is 19.1 Å². The third kappa shape index (κ3) is 4.80. The molecule has 0 amide bonds. The lowest BCUT2D eigenvalue weighted by Crippen LogP contribution is -2.23. The van der Waals surface area contributed by atoms with Gasteiger partial charge in [0.1, 0.15) is 12.8 Å². The van der Waals surface area contributed by atoms with Crippen LogP contribution in [0.4, 0.5) is 5.95 Å². The van der Waals surface area contributed by atoms with Gasteiger partial charge in [-0.1, -0.05) is 0 Å². The van der Waals surface area contributed by atoms with E-state index >= 15 is 0 Å². The fraction of sp³-hybridized carbons (Fsp3) is 0.455. The number of fused-ring (bicyclic) bond motifs is 1. The predicted molar refractivity (Wildman–Crippen MR) is 74.9 cm³/mol. The SMILES string of the molecule is CC(=O)O.Nc1nc2c(ncn2COC(CO)CO)c(=O)[nH]1. The van der Waals surface area contributed by atoms with Gasteiger partial charge in [0.2, 0.25) is 5.95 Å². The Morgan fingerprint density at radius 1 is 1.50 bits per heavy atom. The van der Waals surface area contributed by atoms with Crippen molar-refractivity contribution in [3.63, 3.8) is 0 Å². The summed E-state index contributed by atoms with van der Waals surface area (Å²) in [6.07, 6.45) is 0.680. The number of nitrogens with two attached hydrogens (primary N) is 1. The number of nitrogens with zero attached hydrogens (tertiary/aromatic N) is 3. The summed E-state index contributed by atoms with van der Waals surface area (Å²) in [6.45, 7) is 0.469. The minimum Gasteiger partial charge on any atom is -0.481 e. The number of hydrogen-bond donors (Lipinski definition) is 5. The van der Waals surface area contributed by atoms with Crippen molar-refractivity contribution in [1.82, 2.24) is 19.5 Å². The van der Waals surface area contributed by atoms with Crippen LogP contribution >= 0.6 is 0 Å². The van der Waals surface area contributed by atoms with Crippen molar-refractivity contribution in [3.8, 4) is 0 Å². The molecule has 0 fully saturated rings. The molecule has 0 atom stereocenters. The molecule has 0 aliphatic rings. The zero-order chi connectivity index (χ0) is 16.7. The van der Waals surface area contributed by atoms with Crippen molar-refractivity contribution in [2.24, 2.45) is 0 Å². The van der Waals surface area contributed by atoms with E-state index in [-0.39, 0.29) is 37.1 Å². The van der Waals surface area contributed by atoms with E-state index in [4.69, 9.17) is 30.6 Å². The fourth-order valence-electron chi connectivity index (χ4n) is 1.41. The Hall–Kier alpha value is -2.50. The summed E-state index contributed by atoms with van der Waals surface area (Å²) in [6, 6.07) is 0. The van der Waals surface area contributed by atoms with Crippen LogP contribution < -0.4 is 11.3 Å². The minimum atomic E-state index is -0.833. The summed E-state index contributed by atoms with van der Waals surface area (Å²) < 4.78 is 6.66. The zero-order valence-electron chi connectivity index (χ0n) is 11.8. The van der Waals surface area contributed by atoms with Gasteiger partial charge in [0.05, 0.1) is 19.5 Å². The van der Waals surface area contributed by atoms with Crippen LogP contribution in [0, 0.1) is 0 Å². The van der Waals surface area contributed by atoms with Crippen LogP contribution in [0.3, 0.4) is 0 Å². The number of imidazole rings is 1. The molecule has 2 heterocycles. The summed E-state index contributed by atoms with van der Waals surface area (Å²) in [5, 5.41) is 25.1. The Kier molecular flexibility index (Phi) is 6.44. The molecule has 0 saturated carbocycles. The largest absolute Gasteiger partial charge is 0.481 e. The molecule has 0 spiro atoms. The maximum Gasteiger partial charge on any atom is 0.300 e. The number of carboxylic acids is 1. The van der Waals surface area contributed by atoms with Gasteiger partial charge in [0, 0.05) is 6.92 Å². The first-order valence-electron chi connectivity index (χ1n) is 6.12. The van der Waals surface area contributed by atoms with Gasteiger partial charge in [-0.15, -0.1) is 0 Å². The van der Waals surface area contributed by atoms with E-state index in [0.29, 0.717) is 0 Å². The number of anilines is 1. The molecule has 2 aromatic heterocycles. The van der Waals surface area contributed by atoms with Crippen LogP contribution in [-0.4, -0.2) is 60.1 Å². The monoisotopic (exact) mass is 315 g/mol. The van der Waals surface area contributed by atoms with Crippen LogP contribution in [0.1, 0.15) is 6.92 Å². The first-order valence-corrected chi connectivity index (χ1v) is 6.12. The number of nitrogen functional groups attached to an aromatic ring is 1. The van der Waals surface area contributed by atoms with Gasteiger partial charge in [-0.2, -0.15) is 4.98 Å². The smallest absolute Gasteiger partial charge is 0.300 e. The summed E-state index contributed by atoms with van der Waals surface area (Å²) in [4.78, 5) is 30.6. The first-order chi connectivity index (χ1) is 10.4. The molecule has 22 heavy (non-hydrogen) atoms. The molecular weight excluding hydrogens is 298 g/mol. The zero-order valence-corrected chi connectivity index (χ0v) is 11.8. The number of ether oxygens (including phenoxy) is 1. The highest BCUT2D eigenvalue weighted by Gasteiger charge is 2.11. The van der Waals surface area contributed by atoms with E-state index in [9.17, 15) is 4.79 Å². The van der Waals surface area contributed by atoms with Crippen LogP contribution in [0.15, 0.2) is 11.1 Å². The number of aromatic amines is 1. The molecule has 11 nitrogen and oxygen atoms in total. The second kappa shape index (κ2) is 8.07. The van der Waals surface area contributed by atoms with E-state index in [0.717, 1.165) is 6.92 Å². The molecule has 2 rings (SSSR count). The van der Waals surface area contributed by atoms with Gasteiger partial charge in [-0.25, -0.2) is 4.98 Å². The first kappa shape index (κ1) is 17.6. The van der Waals surface area contributed by atoms with Crippen molar-refractivity contribution in [3.05, 3.63) is 16.7 Å². The number of aliphatic hydroxyl groups is 2. The maximum absolute atomic E-state index is 11.5. The fourth-order valence-corrected chi connectivity index (χ4v) is 1.41. The highest BCUT2D eigenvalue weighted by molar-refractivity contribution is 5.70. The number of carboxylic acid groups (broad SMARTS) is 1. The van der Waals surface area contributed by atoms with Crippen LogP contribution in [0.25, 0.3) is 11.2 Å². The molecule has 0 aliphatic heterocycles. The second-order valence-electron chi connectivity index (χ2n) is 4.14. The Morgan fingerprint density at radius 2 is 2.09 bits per heavy atom. The Bertz CT molecular complexity index is 673. The van der Waals surface area contributed by atoms with Gasteiger partial charge >= 0.3 is 0 Å². The van der Waals surface area contributed by atoms with Crippen molar-refractivity contribution >= 4 is 23.1 Å². The number of aliphatic hydroxyl groups excluding tert-OH is 2. The number of nitrogens with one attached hydrogen (secondary N) is 1. The van der Waals surface area contributed by atoms with Gasteiger partial charge < -0.3 is 25.8 Å². The van der Waals surface area contributed by atoms with Crippen molar-refractivity contribution in [1.29, 1.82) is 0 Å². The second-order valence-corrected chi connectivity index (χ2v) is 4.14. The molecule has 0 radical (unpaired) electrons. The predicted octanol–water partition coefficient (Wildman–Crippen LogP) is -1.88. The number of aliphatic carboxylic acids is 1. The normalized spacial score (nSPS) is 10.5. The van der Waals surface area contributed by atoms with Crippen LogP contribution in [0.2, 0.25) is 0 Å². The number of rotatable bonds is 5.